The Balaban J connectivity index is 2.70. The molecule has 2 rings (SSSR count). The smallest absolute Gasteiger partial charge is 0.179 e. The fraction of sp³-hybridized carbons (Fsp3) is 0.0833. The molecule has 3 heteroatoms. The van der Waals surface area contributed by atoms with E-state index >= 15 is 0 Å². The zero-order valence-corrected chi connectivity index (χ0v) is 8.79. The lowest BCUT2D eigenvalue weighted by Crippen LogP contribution is -2.05. The van der Waals surface area contributed by atoms with Crippen molar-refractivity contribution in [2.45, 2.75) is 0 Å². The van der Waals surface area contributed by atoms with E-state index in [1.165, 1.54) is 0 Å². The predicted molar refractivity (Wildman–Crippen MR) is 63.4 cm³/mol. The van der Waals surface area contributed by atoms with Crippen molar-refractivity contribution in [3.05, 3.63) is 42.0 Å². The minimum absolute atomic E-state index is 0.0391. The third-order valence-electron chi connectivity index (χ3n) is 2.39. The van der Waals surface area contributed by atoms with Gasteiger partial charge in [-0.2, -0.15) is 0 Å². The van der Waals surface area contributed by atoms with Gasteiger partial charge in [0.15, 0.2) is 5.78 Å². The lowest BCUT2D eigenvalue weighted by atomic mass is 10.0. The highest BCUT2D eigenvalue weighted by Gasteiger charge is 2.10. The topological polar surface area (TPSA) is 43.1 Å². The van der Waals surface area contributed by atoms with E-state index in [0.717, 1.165) is 10.8 Å². The fourth-order valence-electron chi connectivity index (χ4n) is 1.61. The molecule has 0 aliphatic rings. The van der Waals surface area contributed by atoms with Crippen LogP contribution in [0.3, 0.4) is 0 Å². The monoisotopic (exact) mass is 219 g/mol. The van der Waals surface area contributed by atoms with Gasteiger partial charge in [-0.1, -0.05) is 30.3 Å². The van der Waals surface area contributed by atoms with Gasteiger partial charge in [0.1, 0.15) is 0 Å². The van der Waals surface area contributed by atoms with Crippen LogP contribution in [0.2, 0.25) is 0 Å². The maximum absolute atomic E-state index is 11.5. The highest BCUT2D eigenvalue weighted by Crippen LogP contribution is 2.25. The maximum atomic E-state index is 11.5. The van der Waals surface area contributed by atoms with Crippen molar-refractivity contribution in [1.82, 2.24) is 0 Å². The van der Waals surface area contributed by atoms with Crippen molar-refractivity contribution in [3.63, 3.8) is 0 Å². The number of Topliss-reactive ketones (excluding diaryl/α,β-unsaturated/α-hetero) is 1. The summed E-state index contributed by atoms with van der Waals surface area (Å²) in [6.07, 6.45) is 0. The van der Waals surface area contributed by atoms with E-state index in [9.17, 15) is 4.79 Å². The molecule has 15 heavy (non-hydrogen) atoms. The van der Waals surface area contributed by atoms with Gasteiger partial charge in [-0.3, -0.25) is 4.79 Å². The number of carbonyl (C=O) groups is 1. The van der Waals surface area contributed by atoms with Gasteiger partial charge in [0.2, 0.25) is 0 Å². The van der Waals surface area contributed by atoms with Crippen LogP contribution in [0.1, 0.15) is 10.4 Å². The molecule has 0 fully saturated rings. The second kappa shape index (κ2) is 3.91. The van der Waals surface area contributed by atoms with Gasteiger partial charge in [-0.05, 0) is 11.5 Å². The van der Waals surface area contributed by atoms with E-state index in [1.54, 1.807) is 6.07 Å². The number of fused-ring (bicyclic) bond motifs is 1. The molecule has 76 valence electrons. The number of hydrogen-bond acceptors (Lipinski definition) is 2. The molecule has 2 aromatic rings. The van der Waals surface area contributed by atoms with Crippen LogP contribution in [0.4, 0.5) is 5.69 Å². The highest BCUT2D eigenvalue weighted by atomic mass is 35.5. The molecular formula is C12H10ClNO. The van der Waals surface area contributed by atoms with Crippen LogP contribution >= 0.6 is 11.6 Å². The zero-order valence-electron chi connectivity index (χ0n) is 8.03. The van der Waals surface area contributed by atoms with Gasteiger partial charge in [-0.25, -0.2) is 0 Å². The molecule has 0 spiro atoms. The molecule has 0 atom stereocenters. The summed E-state index contributed by atoms with van der Waals surface area (Å²) in [6, 6.07) is 11.3. The molecule has 0 amide bonds. The van der Waals surface area contributed by atoms with Crippen LogP contribution in [-0.2, 0) is 0 Å². The quantitative estimate of drug-likeness (QED) is 0.480. The molecule has 0 aromatic heterocycles. The highest BCUT2D eigenvalue weighted by molar-refractivity contribution is 6.31. The van der Waals surface area contributed by atoms with Gasteiger partial charge in [-0.15, -0.1) is 11.6 Å². The van der Waals surface area contributed by atoms with E-state index in [1.807, 2.05) is 30.3 Å². The van der Waals surface area contributed by atoms with Crippen molar-refractivity contribution in [1.29, 1.82) is 0 Å². The van der Waals surface area contributed by atoms with Crippen molar-refractivity contribution in [2.24, 2.45) is 0 Å². The average molecular weight is 220 g/mol. The number of nitrogens with two attached hydrogens (primary N) is 1. The Morgan fingerprint density at radius 1 is 1.20 bits per heavy atom. The first kappa shape index (κ1) is 9.99. The van der Waals surface area contributed by atoms with Gasteiger partial charge in [0.25, 0.3) is 0 Å². The minimum Gasteiger partial charge on any atom is -0.398 e. The third kappa shape index (κ3) is 1.68. The number of ketones is 1. The molecule has 2 nitrogen and oxygen atoms in total. The van der Waals surface area contributed by atoms with E-state index in [4.69, 9.17) is 17.3 Å². The summed E-state index contributed by atoms with van der Waals surface area (Å²) in [4.78, 5) is 11.5. The first-order valence-electron chi connectivity index (χ1n) is 4.60. The van der Waals surface area contributed by atoms with Crippen molar-refractivity contribution < 1.29 is 4.79 Å². The van der Waals surface area contributed by atoms with Crippen molar-refractivity contribution in [3.8, 4) is 0 Å². The van der Waals surface area contributed by atoms with Gasteiger partial charge in [0, 0.05) is 10.9 Å². The number of hydrogen-bond donors (Lipinski definition) is 1. The summed E-state index contributed by atoms with van der Waals surface area (Å²) in [5.74, 6) is -0.178. The summed E-state index contributed by atoms with van der Waals surface area (Å²) in [6.45, 7) is 0. The van der Waals surface area contributed by atoms with Gasteiger partial charge in [0.05, 0.1) is 11.6 Å². The van der Waals surface area contributed by atoms with Crippen LogP contribution in [0, 0.1) is 0 Å². The lowest BCUT2D eigenvalue weighted by Gasteiger charge is -2.06. The molecule has 0 unspecified atom stereocenters. The SMILES string of the molecule is Nc1c(C(=O)CCl)ccc2ccccc12. The second-order valence-electron chi connectivity index (χ2n) is 3.30. The lowest BCUT2D eigenvalue weighted by molar-refractivity contribution is 0.102. The van der Waals surface area contributed by atoms with Crippen LogP contribution in [-0.4, -0.2) is 11.7 Å². The normalized spacial score (nSPS) is 10.5. The zero-order chi connectivity index (χ0) is 10.8. The molecule has 2 N–H and O–H groups in total. The molecule has 0 saturated heterocycles. The number of carbonyl (C=O) groups excluding carboxylic acids is 1. The van der Waals surface area contributed by atoms with Crippen molar-refractivity contribution >= 4 is 33.8 Å². The Morgan fingerprint density at radius 3 is 2.67 bits per heavy atom. The van der Waals surface area contributed by atoms with E-state index < -0.39 is 0 Å². The van der Waals surface area contributed by atoms with Gasteiger partial charge < -0.3 is 5.73 Å². The Hall–Kier alpha value is -1.54. The molecule has 0 aliphatic heterocycles. The van der Waals surface area contributed by atoms with E-state index in [0.29, 0.717) is 11.3 Å². The van der Waals surface area contributed by atoms with Gasteiger partial charge >= 0.3 is 0 Å². The summed E-state index contributed by atoms with van der Waals surface area (Å²) in [5.41, 5.74) is 6.93. The molecule has 0 saturated carbocycles. The first-order chi connectivity index (χ1) is 7.24. The molecule has 2 aromatic carbocycles. The minimum atomic E-state index is -0.139. The number of rotatable bonds is 2. The van der Waals surface area contributed by atoms with Crippen LogP contribution in [0.15, 0.2) is 36.4 Å². The average Bonchev–Trinajstić information content (AvgIpc) is 2.29. The predicted octanol–water partition coefficient (Wildman–Crippen LogP) is 2.84. The Bertz CT molecular complexity index is 522. The number of halogens is 1. The second-order valence-corrected chi connectivity index (χ2v) is 3.57. The summed E-state index contributed by atoms with van der Waals surface area (Å²) in [7, 11) is 0. The Morgan fingerprint density at radius 2 is 1.93 bits per heavy atom. The molecule has 0 radical (unpaired) electrons. The molecule has 0 heterocycles. The van der Waals surface area contributed by atoms with Crippen LogP contribution < -0.4 is 5.73 Å². The van der Waals surface area contributed by atoms with Crippen LogP contribution in [0.25, 0.3) is 10.8 Å². The largest absolute Gasteiger partial charge is 0.398 e. The standard InChI is InChI=1S/C12H10ClNO/c13-7-11(15)10-6-5-8-3-1-2-4-9(8)12(10)14/h1-6H,7,14H2. The summed E-state index contributed by atoms with van der Waals surface area (Å²) in [5, 5.41) is 1.93. The Labute approximate surface area is 92.6 Å². The van der Waals surface area contributed by atoms with E-state index in [2.05, 4.69) is 0 Å². The van der Waals surface area contributed by atoms with Crippen LogP contribution in [0.5, 0.6) is 0 Å². The number of nitrogen functional groups attached to an aromatic ring is 1. The third-order valence-corrected chi connectivity index (χ3v) is 2.64. The molecule has 0 aliphatic carbocycles. The Kier molecular flexibility index (Phi) is 2.60. The van der Waals surface area contributed by atoms with Crippen molar-refractivity contribution in [2.75, 3.05) is 11.6 Å². The molecule has 0 bridgehead atoms. The number of benzene rings is 2. The van der Waals surface area contributed by atoms with E-state index in [-0.39, 0.29) is 11.7 Å². The number of alkyl halides is 1. The fourth-order valence-corrected chi connectivity index (χ4v) is 1.75. The molecular weight excluding hydrogens is 210 g/mol. The maximum Gasteiger partial charge on any atom is 0.179 e. The number of anilines is 1. The first-order valence-corrected chi connectivity index (χ1v) is 5.14. The summed E-state index contributed by atoms with van der Waals surface area (Å²) < 4.78 is 0. The summed E-state index contributed by atoms with van der Waals surface area (Å²) >= 11 is 5.50.